The molecule has 5 aromatic rings. The Bertz CT molecular complexity index is 1670. The van der Waals surface area contributed by atoms with Gasteiger partial charge < -0.3 is 14.8 Å². The quantitative estimate of drug-likeness (QED) is 0.261. The number of alkyl carbamates (subject to hydrolysis) is 1. The molecule has 1 atom stereocenters. The molecule has 1 unspecified atom stereocenters. The molecule has 5 rings (SSSR count). The van der Waals surface area contributed by atoms with E-state index < -0.39 is 18.2 Å². The number of nitrogens with one attached hydrogen (secondary N) is 2. The van der Waals surface area contributed by atoms with E-state index in [0.29, 0.717) is 22.3 Å². The van der Waals surface area contributed by atoms with Gasteiger partial charge in [-0.15, -0.1) is 5.10 Å². The van der Waals surface area contributed by atoms with Crippen LogP contribution in [0.3, 0.4) is 0 Å². The second-order valence-corrected chi connectivity index (χ2v) is 8.73. The maximum Gasteiger partial charge on any atom is 0.409 e. The summed E-state index contributed by atoms with van der Waals surface area (Å²) in [6.07, 6.45) is -2.17. The molecule has 0 aliphatic heterocycles. The first-order valence-corrected chi connectivity index (χ1v) is 12.4. The normalized spacial score (nSPS) is 11.4. The van der Waals surface area contributed by atoms with Crippen molar-refractivity contribution in [3.63, 3.8) is 0 Å². The smallest absolute Gasteiger partial charge is 0.409 e. The Morgan fingerprint density at radius 2 is 1.62 bits per heavy atom. The number of benzene rings is 4. The number of nitrogens with zero attached hydrogens (tertiary/aromatic N) is 3. The van der Waals surface area contributed by atoms with Gasteiger partial charge in [0.25, 0.3) is 5.91 Å². The molecular formula is C30H25N5O5. The first-order valence-electron chi connectivity index (χ1n) is 12.4. The number of carbonyl (C=O) groups is 3. The highest BCUT2D eigenvalue weighted by Gasteiger charge is 2.28. The average molecular weight is 536 g/mol. The van der Waals surface area contributed by atoms with Crippen LogP contribution in [0.4, 0.5) is 10.5 Å². The molecule has 10 heteroatoms. The number of aromatic nitrogens is 3. The molecule has 10 nitrogen and oxygen atoms in total. The Balaban J connectivity index is 1.42. The number of methoxy groups -OCH3 is 1. The highest BCUT2D eigenvalue weighted by Crippen LogP contribution is 2.23. The molecule has 0 bridgehead atoms. The summed E-state index contributed by atoms with van der Waals surface area (Å²) >= 11 is 0. The number of ketones is 1. The lowest BCUT2D eigenvalue weighted by atomic mass is 10.0. The van der Waals surface area contributed by atoms with Gasteiger partial charge in [0.2, 0.25) is 6.17 Å². The van der Waals surface area contributed by atoms with Gasteiger partial charge in [0, 0.05) is 11.1 Å². The van der Waals surface area contributed by atoms with Crippen molar-refractivity contribution in [2.75, 3.05) is 12.4 Å². The summed E-state index contributed by atoms with van der Waals surface area (Å²) in [5.41, 5.74) is 2.75. The maximum absolute atomic E-state index is 13.7. The molecule has 1 aromatic heterocycles. The van der Waals surface area contributed by atoms with E-state index in [1.807, 2.05) is 30.3 Å². The van der Waals surface area contributed by atoms with Crippen molar-refractivity contribution in [1.29, 1.82) is 0 Å². The lowest BCUT2D eigenvalue weighted by Gasteiger charge is -2.20. The predicted molar refractivity (Wildman–Crippen MR) is 148 cm³/mol. The average Bonchev–Trinajstić information content (AvgIpc) is 3.43. The molecule has 2 N–H and O–H groups in total. The number of carbonyl (C=O) groups excluding carboxylic acids is 3. The van der Waals surface area contributed by atoms with E-state index in [2.05, 4.69) is 20.9 Å². The van der Waals surface area contributed by atoms with Gasteiger partial charge in [-0.25, -0.2) is 9.48 Å². The summed E-state index contributed by atoms with van der Waals surface area (Å²) < 4.78 is 11.9. The van der Waals surface area contributed by atoms with E-state index in [1.54, 1.807) is 72.8 Å². The molecular weight excluding hydrogens is 510 g/mol. The fourth-order valence-electron chi connectivity index (χ4n) is 4.10. The largest absolute Gasteiger partial charge is 0.497 e. The number of hydrogen-bond donors (Lipinski definition) is 2. The molecule has 4 aromatic carbocycles. The van der Waals surface area contributed by atoms with E-state index in [9.17, 15) is 14.4 Å². The third kappa shape index (κ3) is 5.81. The van der Waals surface area contributed by atoms with Gasteiger partial charge in [0.1, 0.15) is 17.9 Å². The summed E-state index contributed by atoms with van der Waals surface area (Å²) in [5, 5.41) is 13.6. The second kappa shape index (κ2) is 11.9. The molecule has 0 radical (unpaired) electrons. The number of ether oxygens (including phenoxy) is 2. The van der Waals surface area contributed by atoms with Gasteiger partial charge in [-0.05, 0) is 42.0 Å². The number of amides is 2. The molecule has 1 heterocycles. The van der Waals surface area contributed by atoms with Crippen LogP contribution < -0.4 is 15.4 Å². The number of rotatable bonds is 9. The molecule has 200 valence electrons. The molecule has 0 saturated carbocycles. The van der Waals surface area contributed by atoms with Crippen LogP contribution in [0.25, 0.3) is 11.0 Å². The van der Waals surface area contributed by atoms with Crippen LogP contribution in [0, 0.1) is 0 Å². The zero-order valence-corrected chi connectivity index (χ0v) is 21.5. The third-order valence-electron chi connectivity index (χ3n) is 6.10. The van der Waals surface area contributed by atoms with Crippen LogP contribution in [0.15, 0.2) is 103 Å². The Hall–Kier alpha value is -5.51. The molecule has 0 spiro atoms. The Morgan fingerprint density at radius 1 is 0.875 bits per heavy atom. The molecule has 2 amide bonds. The van der Waals surface area contributed by atoms with E-state index in [1.165, 1.54) is 11.8 Å². The molecule has 40 heavy (non-hydrogen) atoms. The van der Waals surface area contributed by atoms with E-state index >= 15 is 0 Å². The van der Waals surface area contributed by atoms with Gasteiger partial charge in [-0.3, -0.25) is 14.9 Å². The summed E-state index contributed by atoms with van der Waals surface area (Å²) in [4.78, 5) is 39.8. The van der Waals surface area contributed by atoms with Crippen LogP contribution in [-0.4, -0.2) is 39.9 Å². The zero-order chi connectivity index (χ0) is 27.9. The number of para-hydroxylation sites is 2. The van der Waals surface area contributed by atoms with Crippen LogP contribution in [0.2, 0.25) is 0 Å². The minimum Gasteiger partial charge on any atom is -0.497 e. The van der Waals surface area contributed by atoms with Crippen LogP contribution in [-0.2, 0) is 16.1 Å². The summed E-state index contributed by atoms with van der Waals surface area (Å²) in [6, 6.07) is 29.5. The Morgan fingerprint density at radius 3 is 2.45 bits per heavy atom. The van der Waals surface area contributed by atoms with Crippen LogP contribution in [0.1, 0.15) is 27.7 Å². The van der Waals surface area contributed by atoms with E-state index in [0.717, 1.165) is 5.56 Å². The standard InChI is InChI=1S/C30H25N5O5/c1-39-22-13-9-12-21(18-22)27(36)23-14-5-6-15-24(23)31-29(37)28(35-26-17-8-7-16-25(26)33-34-35)32-30(38)40-19-20-10-3-2-4-11-20/h2-18,28H,19H2,1H3,(H,31,37)(H,32,38). The topological polar surface area (TPSA) is 124 Å². The van der Waals surface area contributed by atoms with Gasteiger partial charge in [0.15, 0.2) is 5.78 Å². The Kier molecular flexibility index (Phi) is 7.77. The first-order chi connectivity index (χ1) is 19.5. The van der Waals surface area contributed by atoms with Crippen LogP contribution in [0.5, 0.6) is 5.75 Å². The van der Waals surface area contributed by atoms with Crippen molar-refractivity contribution >= 4 is 34.5 Å². The minimum absolute atomic E-state index is 0.0109. The molecule has 0 saturated heterocycles. The predicted octanol–water partition coefficient (Wildman–Crippen LogP) is 4.73. The first kappa shape index (κ1) is 26.1. The van der Waals surface area contributed by atoms with Gasteiger partial charge in [-0.1, -0.05) is 71.9 Å². The fourth-order valence-corrected chi connectivity index (χ4v) is 4.10. The highest BCUT2D eigenvalue weighted by atomic mass is 16.5. The van der Waals surface area contributed by atoms with Crippen molar-refractivity contribution in [2.24, 2.45) is 0 Å². The molecule has 0 aliphatic rings. The zero-order valence-electron chi connectivity index (χ0n) is 21.5. The second-order valence-electron chi connectivity index (χ2n) is 8.73. The molecule has 0 fully saturated rings. The maximum atomic E-state index is 13.7. The van der Waals surface area contributed by atoms with Crippen LogP contribution >= 0.6 is 0 Å². The summed E-state index contributed by atoms with van der Waals surface area (Å²) in [6.45, 7) is 0.0109. The Labute approximate surface area is 229 Å². The third-order valence-corrected chi connectivity index (χ3v) is 6.10. The lowest BCUT2D eigenvalue weighted by Crippen LogP contribution is -2.41. The summed E-state index contributed by atoms with van der Waals surface area (Å²) in [5.74, 6) is -0.435. The fraction of sp³-hybridized carbons (Fsp3) is 0.100. The van der Waals surface area contributed by atoms with Crippen molar-refractivity contribution in [2.45, 2.75) is 12.8 Å². The van der Waals surface area contributed by atoms with Crippen molar-refractivity contribution in [3.8, 4) is 5.75 Å². The van der Waals surface area contributed by atoms with Gasteiger partial charge in [0.05, 0.1) is 18.3 Å². The number of fused-ring (bicyclic) bond motifs is 1. The van der Waals surface area contributed by atoms with Crippen molar-refractivity contribution < 1.29 is 23.9 Å². The molecule has 0 aliphatic carbocycles. The van der Waals surface area contributed by atoms with Gasteiger partial charge in [-0.2, -0.15) is 0 Å². The summed E-state index contributed by atoms with van der Waals surface area (Å²) in [7, 11) is 1.52. The van der Waals surface area contributed by atoms with E-state index in [4.69, 9.17) is 9.47 Å². The van der Waals surface area contributed by atoms with Gasteiger partial charge >= 0.3 is 6.09 Å². The SMILES string of the molecule is COc1cccc(C(=O)c2ccccc2NC(=O)C(NC(=O)OCc2ccccc2)n2nnc3ccccc32)c1. The van der Waals surface area contributed by atoms with Crippen molar-refractivity contribution in [3.05, 3.63) is 120 Å². The monoisotopic (exact) mass is 535 g/mol. The number of hydrogen-bond acceptors (Lipinski definition) is 7. The van der Waals surface area contributed by atoms with Crippen molar-refractivity contribution in [1.82, 2.24) is 20.3 Å². The lowest BCUT2D eigenvalue weighted by molar-refractivity contribution is -0.120. The van der Waals surface area contributed by atoms with E-state index in [-0.39, 0.29) is 23.6 Å². The minimum atomic E-state index is -1.34. The number of anilines is 1. The highest BCUT2D eigenvalue weighted by molar-refractivity contribution is 6.14.